The zero-order chi connectivity index (χ0) is 10.1. The zero-order valence-electron chi connectivity index (χ0n) is 7.62. The highest BCUT2D eigenvalue weighted by molar-refractivity contribution is 5.60. The molecule has 0 unspecified atom stereocenters. The first-order valence-electron chi connectivity index (χ1n) is 4.15. The predicted molar refractivity (Wildman–Crippen MR) is 51.0 cm³/mol. The minimum atomic E-state index is -0.279. The number of hydrogen-bond acceptors (Lipinski definition) is 3. The highest BCUT2D eigenvalue weighted by atomic mass is 19.1. The molecule has 0 fully saturated rings. The van der Waals surface area contributed by atoms with Crippen LogP contribution >= 0.6 is 0 Å². The lowest BCUT2D eigenvalue weighted by Crippen LogP contribution is -1.81. The lowest BCUT2D eigenvalue weighted by Gasteiger charge is -1.96. The van der Waals surface area contributed by atoms with Gasteiger partial charge in [0.1, 0.15) is 5.82 Å². The first-order chi connectivity index (χ1) is 6.66. The Morgan fingerprint density at radius 3 is 2.43 bits per heavy atom. The number of hydrogen-bond donors (Lipinski definition) is 1. The molecule has 0 saturated heterocycles. The molecule has 1 aromatic carbocycles. The van der Waals surface area contributed by atoms with Gasteiger partial charge in [-0.25, -0.2) is 4.39 Å². The third kappa shape index (κ3) is 1.46. The summed E-state index contributed by atoms with van der Waals surface area (Å²) in [6.45, 7) is 1.79. The molecule has 0 spiro atoms. The van der Waals surface area contributed by atoms with E-state index in [1.54, 1.807) is 19.1 Å². The molecule has 2 rings (SSSR count). The number of anilines is 1. The van der Waals surface area contributed by atoms with E-state index in [0.717, 1.165) is 5.56 Å². The van der Waals surface area contributed by atoms with Crippen molar-refractivity contribution in [2.75, 3.05) is 5.73 Å². The topological polar surface area (TPSA) is 52.0 Å². The third-order valence-electron chi connectivity index (χ3n) is 1.92. The SMILES string of the molecule is Cc1nc(N)oc1-c1ccc(F)cc1. The molecule has 0 atom stereocenters. The van der Waals surface area contributed by atoms with Crippen LogP contribution in [0.3, 0.4) is 0 Å². The fourth-order valence-corrected chi connectivity index (χ4v) is 1.29. The lowest BCUT2D eigenvalue weighted by atomic mass is 10.1. The molecule has 0 amide bonds. The van der Waals surface area contributed by atoms with Gasteiger partial charge in [0.05, 0.1) is 5.69 Å². The number of aromatic nitrogens is 1. The van der Waals surface area contributed by atoms with Crippen molar-refractivity contribution in [1.82, 2.24) is 4.98 Å². The van der Waals surface area contributed by atoms with Crippen molar-refractivity contribution in [3.63, 3.8) is 0 Å². The van der Waals surface area contributed by atoms with Crippen LogP contribution in [-0.4, -0.2) is 4.98 Å². The highest BCUT2D eigenvalue weighted by Crippen LogP contribution is 2.25. The van der Waals surface area contributed by atoms with Crippen LogP contribution in [-0.2, 0) is 0 Å². The van der Waals surface area contributed by atoms with E-state index in [1.165, 1.54) is 12.1 Å². The van der Waals surface area contributed by atoms with Crippen LogP contribution < -0.4 is 5.73 Å². The second kappa shape index (κ2) is 3.14. The molecule has 2 aromatic rings. The van der Waals surface area contributed by atoms with Crippen LogP contribution in [0.5, 0.6) is 0 Å². The van der Waals surface area contributed by atoms with Crippen LogP contribution in [0.1, 0.15) is 5.69 Å². The van der Waals surface area contributed by atoms with Crippen LogP contribution in [0.25, 0.3) is 11.3 Å². The Labute approximate surface area is 80.4 Å². The summed E-state index contributed by atoms with van der Waals surface area (Å²) >= 11 is 0. The van der Waals surface area contributed by atoms with Gasteiger partial charge in [0.15, 0.2) is 5.76 Å². The maximum Gasteiger partial charge on any atom is 0.292 e. The minimum Gasteiger partial charge on any atom is -0.423 e. The Morgan fingerprint density at radius 1 is 1.29 bits per heavy atom. The van der Waals surface area contributed by atoms with Gasteiger partial charge in [-0.05, 0) is 31.2 Å². The molecule has 72 valence electrons. The van der Waals surface area contributed by atoms with E-state index < -0.39 is 0 Å². The second-order valence-electron chi connectivity index (χ2n) is 2.97. The Morgan fingerprint density at radius 2 is 1.93 bits per heavy atom. The van der Waals surface area contributed by atoms with Crippen molar-refractivity contribution in [3.8, 4) is 11.3 Å². The van der Waals surface area contributed by atoms with Crippen molar-refractivity contribution in [2.24, 2.45) is 0 Å². The van der Waals surface area contributed by atoms with Crippen molar-refractivity contribution in [3.05, 3.63) is 35.8 Å². The molecule has 0 aliphatic heterocycles. The average Bonchev–Trinajstić information content (AvgIpc) is 2.47. The minimum absolute atomic E-state index is 0.127. The number of rotatable bonds is 1. The van der Waals surface area contributed by atoms with Crippen LogP contribution in [0.15, 0.2) is 28.7 Å². The first kappa shape index (κ1) is 8.74. The van der Waals surface area contributed by atoms with Crippen molar-refractivity contribution >= 4 is 6.01 Å². The molecule has 0 radical (unpaired) electrons. The Balaban J connectivity index is 2.49. The summed E-state index contributed by atoms with van der Waals surface area (Å²) in [6, 6.07) is 6.12. The van der Waals surface area contributed by atoms with E-state index in [9.17, 15) is 4.39 Å². The normalized spacial score (nSPS) is 10.4. The van der Waals surface area contributed by atoms with E-state index in [4.69, 9.17) is 10.2 Å². The van der Waals surface area contributed by atoms with E-state index >= 15 is 0 Å². The molecule has 3 nitrogen and oxygen atoms in total. The lowest BCUT2D eigenvalue weighted by molar-refractivity contribution is 0.593. The molecule has 0 aliphatic rings. The molecule has 1 aromatic heterocycles. The Hall–Kier alpha value is -1.84. The summed E-state index contributed by atoms with van der Waals surface area (Å²) < 4.78 is 17.8. The zero-order valence-corrected chi connectivity index (χ0v) is 7.62. The predicted octanol–water partition coefficient (Wildman–Crippen LogP) is 2.37. The van der Waals surface area contributed by atoms with E-state index in [0.29, 0.717) is 11.5 Å². The van der Waals surface area contributed by atoms with Gasteiger partial charge in [0.2, 0.25) is 0 Å². The highest BCUT2D eigenvalue weighted by Gasteiger charge is 2.09. The van der Waals surface area contributed by atoms with Crippen molar-refractivity contribution < 1.29 is 8.81 Å². The second-order valence-corrected chi connectivity index (χ2v) is 2.97. The number of halogens is 1. The summed E-state index contributed by atoms with van der Waals surface area (Å²) in [5, 5.41) is 0. The van der Waals surface area contributed by atoms with Crippen molar-refractivity contribution in [1.29, 1.82) is 0 Å². The number of nitrogens with two attached hydrogens (primary N) is 1. The van der Waals surface area contributed by atoms with E-state index in [1.807, 2.05) is 0 Å². The van der Waals surface area contributed by atoms with Gasteiger partial charge in [-0.3, -0.25) is 0 Å². The fraction of sp³-hybridized carbons (Fsp3) is 0.100. The monoisotopic (exact) mass is 192 g/mol. The molecular weight excluding hydrogens is 183 g/mol. The van der Waals surface area contributed by atoms with Crippen LogP contribution in [0.4, 0.5) is 10.4 Å². The van der Waals surface area contributed by atoms with E-state index in [2.05, 4.69) is 4.98 Å². The number of oxazole rings is 1. The molecule has 4 heteroatoms. The van der Waals surface area contributed by atoms with Gasteiger partial charge in [0, 0.05) is 5.56 Å². The number of nitrogens with zero attached hydrogens (tertiary/aromatic N) is 1. The molecule has 0 saturated carbocycles. The summed E-state index contributed by atoms with van der Waals surface area (Å²) in [7, 11) is 0. The summed E-state index contributed by atoms with van der Waals surface area (Å²) in [5.74, 6) is 0.307. The average molecular weight is 192 g/mol. The quantitative estimate of drug-likeness (QED) is 0.754. The van der Waals surface area contributed by atoms with Gasteiger partial charge in [-0.15, -0.1) is 0 Å². The van der Waals surface area contributed by atoms with E-state index in [-0.39, 0.29) is 11.8 Å². The third-order valence-corrected chi connectivity index (χ3v) is 1.92. The molecule has 0 bridgehead atoms. The fourth-order valence-electron chi connectivity index (χ4n) is 1.29. The van der Waals surface area contributed by atoms with Gasteiger partial charge in [-0.2, -0.15) is 4.98 Å². The smallest absolute Gasteiger partial charge is 0.292 e. The molecule has 0 aliphatic carbocycles. The maximum absolute atomic E-state index is 12.6. The summed E-state index contributed by atoms with van der Waals surface area (Å²) in [4.78, 5) is 3.93. The first-order valence-corrected chi connectivity index (χ1v) is 4.15. The molecule has 2 N–H and O–H groups in total. The van der Waals surface area contributed by atoms with Gasteiger partial charge in [-0.1, -0.05) is 0 Å². The van der Waals surface area contributed by atoms with Gasteiger partial charge < -0.3 is 10.2 Å². The standard InChI is InChI=1S/C10H9FN2O/c1-6-9(14-10(12)13-6)7-2-4-8(11)5-3-7/h2-5H,1H3,(H2,12,13). The summed E-state index contributed by atoms with van der Waals surface area (Å²) in [6.07, 6.45) is 0. The maximum atomic E-state index is 12.6. The molecular formula is C10H9FN2O. The van der Waals surface area contributed by atoms with Crippen LogP contribution in [0, 0.1) is 12.7 Å². The number of benzene rings is 1. The van der Waals surface area contributed by atoms with Gasteiger partial charge >= 0.3 is 0 Å². The Bertz CT molecular complexity index is 448. The molecule has 14 heavy (non-hydrogen) atoms. The number of nitrogen functional groups attached to an aromatic ring is 1. The van der Waals surface area contributed by atoms with Crippen molar-refractivity contribution in [2.45, 2.75) is 6.92 Å². The largest absolute Gasteiger partial charge is 0.423 e. The Kier molecular flexibility index (Phi) is 1.96. The molecule has 1 heterocycles. The van der Waals surface area contributed by atoms with Gasteiger partial charge in [0.25, 0.3) is 6.01 Å². The van der Waals surface area contributed by atoms with Crippen LogP contribution in [0.2, 0.25) is 0 Å². The summed E-state index contributed by atoms with van der Waals surface area (Å²) in [5.41, 5.74) is 6.87. The number of aryl methyl sites for hydroxylation is 1.